The molecule has 3 aliphatic heterocycles. The molecule has 4 N–H and O–H groups in total. The zero-order valence-corrected chi connectivity index (χ0v) is 37.9. The maximum Gasteiger partial charge on any atom is 0.355 e. The van der Waals surface area contributed by atoms with Crippen LogP contribution in [-0.4, -0.2) is 157 Å². The van der Waals surface area contributed by atoms with E-state index in [0.717, 1.165) is 60.9 Å². The van der Waals surface area contributed by atoms with E-state index < -0.39 is 47.5 Å². The summed E-state index contributed by atoms with van der Waals surface area (Å²) in [7, 11) is 5.94. The first-order chi connectivity index (χ1) is 30.2. The Morgan fingerprint density at radius 2 is 1.76 bits per heavy atom. The van der Waals surface area contributed by atoms with Crippen molar-refractivity contribution in [3.63, 3.8) is 0 Å². The number of hydrogen-bond acceptors (Lipinski definition) is 14. The lowest BCUT2D eigenvalue weighted by Crippen LogP contribution is -2.56. The molecule has 2 amide bonds. The number of nitrogens with one attached hydrogen (secondary N) is 2. The number of hydrogen-bond donors (Lipinski definition) is 3. The van der Waals surface area contributed by atoms with E-state index in [4.69, 9.17) is 20.2 Å². The van der Waals surface area contributed by atoms with E-state index in [9.17, 15) is 28.8 Å². The monoisotopic (exact) mass is 871 g/mol. The van der Waals surface area contributed by atoms with Gasteiger partial charge in [-0.25, -0.2) is 14.6 Å². The van der Waals surface area contributed by atoms with E-state index in [2.05, 4.69) is 27.4 Å². The third-order valence-corrected chi connectivity index (χ3v) is 13.0. The summed E-state index contributed by atoms with van der Waals surface area (Å²) in [6.07, 6.45) is 2.54. The van der Waals surface area contributed by atoms with Gasteiger partial charge in [0, 0.05) is 68.9 Å². The molecule has 0 saturated carbocycles. The van der Waals surface area contributed by atoms with Crippen molar-refractivity contribution in [3.05, 3.63) is 62.9 Å². The van der Waals surface area contributed by atoms with Gasteiger partial charge in [-0.1, -0.05) is 45.9 Å². The quantitative estimate of drug-likeness (QED) is 0.0798. The first-order valence-electron chi connectivity index (χ1n) is 22.3. The van der Waals surface area contributed by atoms with Gasteiger partial charge in [-0.3, -0.25) is 19.3 Å². The molecule has 0 spiro atoms. The highest BCUT2D eigenvalue weighted by atomic mass is 16.6. The molecule has 0 radical (unpaired) electrons. The summed E-state index contributed by atoms with van der Waals surface area (Å²) in [6.45, 7) is 12.4. The molecule has 1 aromatic carbocycles. The van der Waals surface area contributed by atoms with Crippen molar-refractivity contribution in [2.45, 2.75) is 90.3 Å². The third kappa shape index (κ3) is 9.87. The fraction of sp³-hybridized carbons (Fsp3) is 0.587. The number of benzene rings is 1. The first kappa shape index (κ1) is 47.4. The molecule has 17 heteroatoms. The van der Waals surface area contributed by atoms with Crippen molar-refractivity contribution in [1.82, 2.24) is 39.8 Å². The van der Waals surface area contributed by atoms with Crippen LogP contribution in [0.4, 0.5) is 0 Å². The van der Waals surface area contributed by atoms with Crippen LogP contribution in [0.15, 0.2) is 35.1 Å². The van der Waals surface area contributed by atoms with E-state index in [0.29, 0.717) is 50.4 Å². The second kappa shape index (κ2) is 20.6. The van der Waals surface area contributed by atoms with Crippen LogP contribution in [0.3, 0.4) is 0 Å². The number of nitrogens with zero attached hydrogens (tertiary/aromatic N) is 6. The minimum Gasteiger partial charge on any atom is -0.457 e. The number of aromatic nitrogens is 2. The molecule has 0 aliphatic carbocycles. The zero-order valence-electron chi connectivity index (χ0n) is 37.9. The number of pyridine rings is 2. The number of cyclic esters (lactones) is 1. The van der Waals surface area contributed by atoms with Crippen LogP contribution in [-0.2, 0) is 58.6 Å². The maximum absolute atomic E-state index is 14.3. The maximum atomic E-state index is 14.3. The van der Waals surface area contributed by atoms with Crippen molar-refractivity contribution >= 4 is 40.9 Å². The summed E-state index contributed by atoms with van der Waals surface area (Å²) in [4.78, 5) is 94.6. The molecule has 1 saturated heterocycles. The van der Waals surface area contributed by atoms with Gasteiger partial charge in [0.05, 0.1) is 41.6 Å². The molecule has 5 heterocycles. The summed E-state index contributed by atoms with van der Waals surface area (Å²) in [5, 5.41) is 6.95. The number of carbonyl (C=O) groups excluding carboxylic acids is 5. The van der Waals surface area contributed by atoms with Gasteiger partial charge in [-0.05, 0) is 70.4 Å². The number of ether oxygens (including phenoxy) is 2. The predicted octanol–water partition coefficient (Wildman–Crippen LogP) is 1.24. The normalized spacial score (nSPS) is 19.0. The molecule has 1 fully saturated rings. The summed E-state index contributed by atoms with van der Waals surface area (Å²) in [5.41, 5.74) is 7.79. The Kier molecular flexibility index (Phi) is 15.5. The van der Waals surface area contributed by atoms with Crippen LogP contribution < -0.4 is 21.9 Å². The standard InChI is InChI=1S/C46H65N9O8/c1-8-31-32-13-10-11-14-36(32)49-41-33(31)26-55-38(41)23-35-34(43(55)59)28-62-45(61)46(35,9-2)63-44(60)40(29(3)4)50-42(58)37-15-12-17-54(37)39(57)25-48-24-30(27-56)53(7)22-21-52(6)20-19-51(5)18-16-47/h10-11,13-14,23,27,29-30,37,40,48H,8-9,12,15-22,24-26,28,47H2,1-7H3,(H,50,58)/t30?,37-,40-,46-/m0/s1. The molecule has 1 unspecified atom stereocenters. The van der Waals surface area contributed by atoms with E-state index in [1.54, 1.807) is 31.4 Å². The molecule has 4 atom stereocenters. The smallest absolute Gasteiger partial charge is 0.355 e. The van der Waals surface area contributed by atoms with Crippen molar-refractivity contribution in [1.29, 1.82) is 0 Å². The van der Waals surface area contributed by atoms with Crippen molar-refractivity contribution in [2.75, 3.05) is 80.0 Å². The molecular weight excluding hydrogens is 807 g/mol. The second-order valence-electron chi connectivity index (χ2n) is 17.5. The van der Waals surface area contributed by atoms with Gasteiger partial charge < -0.3 is 49.9 Å². The molecular formula is C46H65N9O8. The first-order valence-corrected chi connectivity index (χ1v) is 22.3. The van der Waals surface area contributed by atoms with Gasteiger partial charge in [0.2, 0.25) is 17.4 Å². The Bertz CT molecular complexity index is 2250. The number of aldehydes is 1. The topological polar surface area (TPSA) is 202 Å². The van der Waals surface area contributed by atoms with Crippen LogP contribution >= 0.6 is 0 Å². The molecule has 0 bridgehead atoms. The molecule has 3 aromatic rings. The lowest BCUT2D eigenvalue weighted by molar-refractivity contribution is -0.191. The van der Waals surface area contributed by atoms with Crippen LogP contribution in [0.1, 0.15) is 69.2 Å². The lowest BCUT2D eigenvalue weighted by atomic mass is 9.85. The number of fused-ring (bicyclic) bond motifs is 5. The van der Waals surface area contributed by atoms with Gasteiger partial charge in [0.15, 0.2) is 0 Å². The molecule has 63 heavy (non-hydrogen) atoms. The largest absolute Gasteiger partial charge is 0.457 e. The van der Waals surface area contributed by atoms with Crippen molar-refractivity contribution in [3.8, 4) is 11.4 Å². The van der Waals surface area contributed by atoms with Gasteiger partial charge in [-0.15, -0.1) is 0 Å². The highest BCUT2D eigenvalue weighted by Crippen LogP contribution is 2.42. The van der Waals surface area contributed by atoms with Crippen LogP contribution in [0.2, 0.25) is 0 Å². The Labute approximate surface area is 369 Å². The fourth-order valence-corrected chi connectivity index (χ4v) is 9.01. The Morgan fingerprint density at radius 1 is 1.05 bits per heavy atom. The number of para-hydroxylation sites is 1. The number of rotatable bonds is 21. The highest BCUT2D eigenvalue weighted by Gasteiger charge is 2.52. The number of amides is 2. The zero-order chi connectivity index (χ0) is 45.6. The summed E-state index contributed by atoms with van der Waals surface area (Å²) in [5.74, 6) is -2.96. The molecule has 6 rings (SSSR count). The summed E-state index contributed by atoms with van der Waals surface area (Å²) in [6, 6.07) is 7.08. The van der Waals surface area contributed by atoms with Crippen LogP contribution in [0.5, 0.6) is 0 Å². The van der Waals surface area contributed by atoms with E-state index in [1.807, 2.05) is 50.3 Å². The highest BCUT2D eigenvalue weighted by molar-refractivity contribution is 5.94. The number of carbonyl (C=O) groups is 5. The van der Waals surface area contributed by atoms with Gasteiger partial charge >= 0.3 is 11.9 Å². The van der Waals surface area contributed by atoms with Gasteiger partial charge in [-0.2, -0.15) is 0 Å². The van der Waals surface area contributed by atoms with Gasteiger partial charge in [0.1, 0.15) is 25.0 Å². The van der Waals surface area contributed by atoms with Crippen molar-refractivity contribution in [2.24, 2.45) is 11.7 Å². The minimum atomic E-state index is -1.96. The number of likely N-dealkylation sites (N-methyl/N-ethyl adjacent to an activating group) is 3. The fourth-order valence-electron chi connectivity index (χ4n) is 9.01. The molecule has 2 aromatic heterocycles. The van der Waals surface area contributed by atoms with Crippen molar-refractivity contribution < 1.29 is 33.4 Å². The third-order valence-electron chi connectivity index (χ3n) is 13.0. The molecule has 3 aliphatic rings. The number of aryl methyl sites for hydroxylation is 1. The number of nitrogens with two attached hydrogens (primary N) is 1. The number of likely N-dealkylation sites (tertiary alicyclic amines) is 1. The lowest BCUT2D eigenvalue weighted by Gasteiger charge is -2.37. The number of esters is 2. The SMILES string of the molecule is CCc1c2c(nc3ccccc13)-c1cc3c(c(=O)n1C2)COC(=O)[C@@]3(CC)OC(=O)[C@@H](NC(=O)[C@@H]1CCCN1C(=O)CNCC(C=O)N(C)CCN(C)CCN(C)CCN)C(C)C. The van der Waals surface area contributed by atoms with E-state index in [1.165, 1.54) is 4.90 Å². The summed E-state index contributed by atoms with van der Waals surface area (Å²) < 4.78 is 13.4. The van der Waals surface area contributed by atoms with E-state index in [-0.39, 0.29) is 48.7 Å². The Balaban J connectivity index is 1.12. The van der Waals surface area contributed by atoms with E-state index >= 15 is 0 Å². The minimum absolute atomic E-state index is 0.0341. The average Bonchev–Trinajstić information content (AvgIpc) is 3.91. The molecule has 17 nitrogen and oxygen atoms in total. The van der Waals surface area contributed by atoms with Crippen LogP contribution in [0.25, 0.3) is 22.3 Å². The average molecular weight is 872 g/mol. The Hall–Kier alpha value is -5.07. The van der Waals surface area contributed by atoms with Crippen LogP contribution in [0, 0.1) is 5.92 Å². The molecule has 342 valence electrons. The summed E-state index contributed by atoms with van der Waals surface area (Å²) >= 11 is 0. The van der Waals surface area contributed by atoms with Gasteiger partial charge in [0.25, 0.3) is 5.56 Å². The predicted molar refractivity (Wildman–Crippen MR) is 239 cm³/mol. The second-order valence-corrected chi connectivity index (χ2v) is 17.5. The Morgan fingerprint density at radius 3 is 2.44 bits per heavy atom.